The van der Waals surface area contributed by atoms with Crippen molar-refractivity contribution < 1.29 is 19.4 Å². The number of nitrogens with zero attached hydrogens (tertiary/aromatic N) is 2. The Morgan fingerprint density at radius 1 is 1.03 bits per heavy atom. The van der Waals surface area contributed by atoms with Gasteiger partial charge in [-0.2, -0.15) is 0 Å². The van der Waals surface area contributed by atoms with Gasteiger partial charge in [-0.1, -0.05) is 30.3 Å². The number of pyridine rings is 1. The standard InChI is InChI=1S/C30H32N2O4/c1-19-7-5-8-20(2)32(19)27(34)18-36-30(35)28-24-10-3-4-12-26(24)31-29-22(9-6-11-25(28)29)17-21-13-15-23(33)16-14-21/h3-4,10,12-17,19-20,33H,5-9,11,18H2,1-2H3/b22-17+. The van der Waals surface area contributed by atoms with E-state index in [9.17, 15) is 14.7 Å². The molecule has 6 nitrogen and oxygen atoms in total. The molecule has 2 atom stereocenters. The Bertz CT molecular complexity index is 1320. The first-order valence-electron chi connectivity index (χ1n) is 12.8. The number of para-hydroxylation sites is 1. The molecule has 6 heteroatoms. The highest BCUT2D eigenvalue weighted by Crippen LogP contribution is 2.36. The van der Waals surface area contributed by atoms with Gasteiger partial charge in [-0.05, 0) is 93.3 Å². The molecule has 2 unspecified atom stereocenters. The predicted octanol–water partition coefficient (Wildman–Crippen LogP) is 5.76. The number of aromatic hydroxyl groups is 1. The molecule has 2 heterocycles. The number of hydrogen-bond acceptors (Lipinski definition) is 5. The lowest BCUT2D eigenvalue weighted by atomic mass is 9.86. The normalized spacial score (nSPS) is 20.8. The number of benzene rings is 2. The van der Waals surface area contributed by atoms with Gasteiger partial charge in [0.1, 0.15) is 5.75 Å². The van der Waals surface area contributed by atoms with E-state index in [0.717, 1.165) is 71.8 Å². The largest absolute Gasteiger partial charge is 0.508 e. The number of hydrogen-bond donors (Lipinski definition) is 1. The minimum absolute atomic E-state index is 0.136. The maximum Gasteiger partial charge on any atom is 0.339 e. The number of rotatable bonds is 4. The second-order valence-electron chi connectivity index (χ2n) is 9.95. The number of carbonyl (C=O) groups is 2. The number of allylic oxidation sites excluding steroid dienone is 1. The quantitative estimate of drug-likeness (QED) is 0.476. The Morgan fingerprint density at radius 2 is 1.75 bits per heavy atom. The van der Waals surface area contributed by atoms with Gasteiger partial charge < -0.3 is 14.7 Å². The van der Waals surface area contributed by atoms with E-state index >= 15 is 0 Å². The van der Waals surface area contributed by atoms with E-state index in [4.69, 9.17) is 9.72 Å². The molecule has 0 radical (unpaired) electrons. The third kappa shape index (κ3) is 4.72. The van der Waals surface area contributed by atoms with Gasteiger partial charge in [0, 0.05) is 17.5 Å². The van der Waals surface area contributed by atoms with Gasteiger partial charge in [0.25, 0.3) is 5.91 Å². The molecular formula is C30H32N2O4. The zero-order valence-electron chi connectivity index (χ0n) is 20.9. The summed E-state index contributed by atoms with van der Waals surface area (Å²) in [4.78, 5) is 33.3. The lowest BCUT2D eigenvalue weighted by Crippen LogP contribution is -2.49. The number of piperidine rings is 1. The summed E-state index contributed by atoms with van der Waals surface area (Å²) < 4.78 is 5.68. The van der Waals surface area contributed by atoms with Crippen LogP contribution in [0.1, 0.15) is 73.1 Å². The minimum atomic E-state index is -0.471. The van der Waals surface area contributed by atoms with Gasteiger partial charge >= 0.3 is 5.97 Å². The Hall–Kier alpha value is -3.67. The molecule has 1 fully saturated rings. The zero-order chi connectivity index (χ0) is 25.2. The van der Waals surface area contributed by atoms with Crippen LogP contribution in [0.3, 0.4) is 0 Å². The summed E-state index contributed by atoms with van der Waals surface area (Å²) in [6, 6.07) is 15.0. The van der Waals surface area contributed by atoms with E-state index in [2.05, 4.69) is 19.9 Å². The Labute approximate surface area is 211 Å². The van der Waals surface area contributed by atoms with Gasteiger partial charge in [-0.15, -0.1) is 0 Å². The van der Waals surface area contributed by atoms with Crippen LogP contribution in [0, 0.1) is 0 Å². The first kappa shape index (κ1) is 24.0. The van der Waals surface area contributed by atoms with Gasteiger partial charge in [0.2, 0.25) is 0 Å². The molecule has 1 aliphatic heterocycles. The molecule has 1 saturated heterocycles. The molecular weight excluding hydrogens is 452 g/mol. The van der Waals surface area contributed by atoms with Crippen molar-refractivity contribution in [2.45, 2.75) is 64.5 Å². The highest BCUT2D eigenvalue weighted by atomic mass is 16.5. The highest BCUT2D eigenvalue weighted by Gasteiger charge is 2.31. The summed E-state index contributed by atoms with van der Waals surface area (Å²) >= 11 is 0. The molecule has 5 rings (SSSR count). The summed E-state index contributed by atoms with van der Waals surface area (Å²) in [6.07, 6.45) is 7.58. The van der Waals surface area contributed by atoms with Crippen molar-refractivity contribution in [3.05, 3.63) is 70.9 Å². The number of esters is 1. The molecule has 0 spiro atoms. The van der Waals surface area contributed by atoms with E-state index in [0.29, 0.717) is 5.56 Å². The van der Waals surface area contributed by atoms with Crippen LogP contribution >= 0.6 is 0 Å². The van der Waals surface area contributed by atoms with Gasteiger partial charge in [0.15, 0.2) is 6.61 Å². The molecule has 2 aromatic carbocycles. The Morgan fingerprint density at radius 3 is 2.50 bits per heavy atom. The van der Waals surface area contributed by atoms with E-state index in [1.165, 1.54) is 0 Å². The summed E-state index contributed by atoms with van der Waals surface area (Å²) in [6.45, 7) is 3.86. The maximum atomic E-state index is 13.5. The Kier molecular flexibility index (Phi) is 6.77. The number of likely N-dealkylation sites (tertiary alicyclic amines) is 1. The molecule has 0 saturated carbocycles. The van der Waals surface area contributed by atoms with Gasteiger partial charge in [-0.25, -0.2) is 9.78 Å². The summed E-state index contributed by atoms with van der Waals surface area (Å²) in [5.41, 5.74) is 4.94. The second kappa shape index (κ2) is 10.1. The van der Waals surface area contributed by atoms with Crippen molar-refractivity contribution in [2.75, 3.05) is 6.61 Å². The number of aromatic nitrogens is 1. The smallest absolute Gasteiger partial charge is 0.339 e. The minimum Gasteiger partial charge on any atom is -0.508 e. The highest BCUT2D eigenvalue weighted by molar-refractivity contribution is 6.07. The summed E-state index contributed by atoms with van der Waals surface area (Å²) in [5, 5.41) is 10.4. The molecule has 1 aliphatic carbocycles. The third-order valence-electron chi connectivity index (χ3n) is 7.42. The monoisotopic (exact) mass is 484 g/mol. The first-order valence-corrected chi connectivity index (χ1v) is 12.8. The van der Waals surface area contributed by atoms with E-state index in [1.807, 2.05) is 41.3 Å². The topological polar surface area (TPSA) is 79.7 Å². The Balaban J connectivity index is 1.48. The average Bonchev–Trinajstić information content (AvgIpc) is 2.87. The first-order chi connectivity index (χ1) is 17.4. The molecule has 1 N–H and O–H groups in total. The number of fused-ring (bicyclic) bond motifs is 2. The van der Waals surface area contributed by atoms with Crippen LogP contribution in [0.15, 0.2) is 48.5 Å². The summed E-state index contributed by atoms with van der Waals surface area (Å²) in [7, 11) is 0. The fourth-order valence-corrected chi connectivity index (χ4v) is 5.67. The van der Waals surface area contributed by atoms with Crippen molar-refractivity contribution in [2.24, 2.45) is 0 Å². The number of phenols is 1. The summed E-state index contributed by atoms with van der Waals surface area (Å²) in [5.74, 6) is -0.386. The fraction of sp³-hybridized carbons (Fsp3) is 0.367. The molecule has 1 amide bonds. The zero-order valence-corrected chi connectivity index (χ0v) is 20.9. The third-order valence-corrected chi connectivity index (χ3v) is 7.42. The van der Waals surface area contributed by atoms with Gasteiger partial charge in [-0.3, -0.25) is 4.79 Å². The fourth-order valence-electron chi connectivity index (χ4n) is 5.67. The molecule has 1 aromatic heterocycles. The number of phenolic OH excluding ortho intramolecular Hbond substituents is 1. The van der Waals surface area contributed by atoms with Crippen molar-refractivity contribution in [1.82, 2.24) is 9.88 Å². The molecule has 0 bridgehead atoms. The molecule has 36 heavy (non-hydrogen) atoms. The lowest BCUT2D eigenvalue weighted by Gasteiger charge is -2.38. The lowest BCUT2D eigenvalue weighted by molar-refractivity contribution is -0.140. The van der Waals surface area contributed by atoms with Crippen LogP contribution in [0.2, 0.25) is 0 Å². The van der Waals surface area contributed by atoms with E-state index in [-0.39, 0.29) is 30.3 Å². The molecule has 186 valence electrons. The van der Waals surface area contributed by atoms with Crippen molar-refractivity contribution in [3.63, 3.8) is 0 Å². The molecule has 2 aliphatic rings. The average molecular weight is 485 g/mol. The van der Waals surface area contributed by atoms with E-state index < -0.39 is 5.97 Å². The van der Waals surface area contributed by atoms with Crippen LogP contribution in [0.4, 0.5) is 0 Å². The van der Waals surface area contributed by atoms with Crippen LogP contribution in [-0.4, -0.2) is 45.6 Å². The van der Waals surface area contributed by atoms with Gasteiger partial charge in [0.05, 0.1) is 16.8 Å². The van der Waals surface area contributed by atoms with Crippen molar-refractivity contribution in [3.8, 4) is 5.75 Å². The SMILES string of the molecule is CC1CCCC(C)N1C(=O)COC(=O)c1c2c(nc3ccccc13)/C(=C/c1ccc(O)cc1)CCC2. The second-order valence-corrected chi connectivity index (χ2v) is 9.95. The number of carbonyl (C=O) groups excluding carboxylic acids is 2. The van der Waals surface area contributed by atoms with Crippen LogP contribution in [-0.2, 0) is 16.0 Å². The van der Waals surface area contributed by atoms with Crippen LogP contribution in [0.25, 0.3) is 22.6 Å². The predicted molar refractivity (Wildman–Crippen MR) is 141 cm³/mol. The van der Waals surface area contributed by atoms with Crippen molar-refractivity contribution in [1.29, 1.82) is 0 Å². The number of ether oxygens (including phenoxy) is 1. The van der Waals surface area contributed by atoms with Crippen LogP contribution in [0.5, 0.6) is 5.75 Å². The maximum absolute atomic E-state index is 13.5. The van der Waals surface area contributed by atoms with E-state index in [1.54, 1.807) is 12.1 Å². The number of amides is 1. The van der Waals surface area contributed by atoms with Crippen molar-refractivity contribution >= 4 is 34.4 Å². The molecule has 3 aromatic rings. The van der Waals surface area contributed by atoms with Crippen LogP contribution < -0.4 is 0 Å².